The molecule has 3 aromatic heterocycles. The molecule has 3 aromatic rings. The molecule has 1 aliphatic carbocycles. The maximum absolute atomic E-state index is 10.5. The van der Waals surface area contributed by atoms with Crippen molar-refractivity contribution in [2.45, 2.75) is 38.2 Å². The Morgan fingerprint density at radius 1 is 1.16 bits per heavy atom. The Labute approximate surface area is 189 Å². The van der Waals surface area contributed by atoms with E-state index in [1.54, 1.807) is 38.1 Å². The molecular formula is C21H26ClN5O5. The second kappa shape index (κ2) is 8.80. The maximum Gasteiger partial charge on any atom is 0.228 e. The highest BCUT2D eigenvalue weighted by Gasteiger charge is 2.41. The molecule has 0 aliphatic heterocycles. The minimum atomic E-state index is -1.09. The number of hydrogen-bond donors (Lipinski definition) is 5. The summed E-state index contributed by atoms with van der Waals surface area (Å²) in [5.41, 5.74) is 2.08. The van der Waals surface area contributed by atoms with Crippen LogP contribution in [0.15, 0.2) is 16.5 Å². The van der Waals surface area contributed by atoms with Crippen LogP contribution in [-0.4, -0.2) is 74.3 Å². The summed E-state index contributed by atoms with van der Waals surface area (Å²) in [5.74, 6) is 0.623. The molecule has 0 radical (unpaired) electrons. The first-order chi connectivity index (χ1) is 15.2. The lowest BCUT2D eigenvalue weighted by atomic mass is 10.1. The van der Waals surface area contributed by atoms with Crippen molar-refractivity contribution in [2.24, 2.45) is 5.92 Å². The van der Waals surface area contributed by atoms with Crippen molar-refractivity contribution in [2.75, 3.05) is 30.9 Å². The van der Waals surface area contributed by atoms with Gasteiger partial charge in [-0.3, -0.25) is 4.98 Å². The Hall–Kier alpha value is -2.50. The molecule has 0 amide bonds. The third kappa shape index (κ3) is 4.00. The Kier molecular flexibility index (Phi) is 6.24. The molecule has 0 spiro atoms. The smallest absolute Gasteiger partial charge is 0.228 e. The van der Waals surface area contributed by atoms with E-state index in [9.17, 15) is 20.4 Å². The normalized spacial score (nSPS) is 23.1. The van der Waals surface area contributed by atoms with E-state index in [-0.39, 0.29) is 18.4 Å². The molecule has 0 unspecified atom stereocenters. The SMILES string of the molecule is Cc1nc(CO)cc2cc(-c3c(Cl)nc(N(C)C)nc3N[C@@H]3C[C@H](CO)[C@@H](O)[C@H]3O)oc12. The molecule has 0 bridgehead atoms. The van der Waals surface area contributed by atoms with Gasteiger partial charge in [-0.2, -0.15) is 4.98 Å². The average Bonchev–Trinajstić information content (AvgIpc) is 3.29. The summed E-state index contributed by atoms with van der Waals surface area (Å²) in [4.78, 5) is 14.9. The van der Waals surface area contributed by atoms with Gasteiger partial charge in [-0.05, 0) is 25.5 Å². The van der Waals surface area contributed by atoms with Gasteiger partial charge in [-0.15, -0.1) is 0 Å². The number of aliphatic hydroxyl groups is 4. The zero-order valence-electron chi connectivity index (χ0n) is 17.9. The molecule has 10 nitrogen and oxygen atoms in total. The molecule has 1 saturated carbocycles. The fourth-order valence-corrected chi connectivity index (χ4v) is 4.30. The zero-order chi connectivity index (χ0) is 23.2. The van der Waals surface area contributed by atoms with Crippen LogP contribution in [0.4, 0.5) is 11.8 Å². The fraction of sp³-hybridized carbons (Fsp3) is 0.476. The van der Waals surface area contributed by atoms with Crippen molar-refractivity contribution < 1.29 is 24.8 Å². The van der Waals surface area contributed by atoms with Gasteiger partial charge in [0.05, 0.1) is 35.7 Å². The highest BCUT2D eigenvalue weighted by Crippen LogP contribution is 2.39. The second-order valence-corrected chi connectivity index (χ2v) is 8.59. The molecule has 172 valence electrons. The minimum Gasteiger partial charge on any atom is -0.454 e. The predicted molar refractivity (Wildman–Crippen MR) is 120 cm³/mol. The summed E-state index contributed by atoms with van der Waals surface area (Å²) in [6.45, 7) is 1.35. The number of fused-ring (bicyclic) bond motifs is 1. The standard InChI is InChI=1S/C21H26ClN5O5/c1-9-18-10(4-12(8-29)23-9)6-14(32-18)15-19(22)25-21(27(2)3)26-20(15)24-13-5-11(7-28)16(30)17(13)31/h4,6,11,13,16-17,28-31H,5,7-8H2,1-3H3,(H,24,25,26)/t11-,13-,16-,17+/m1/s1. The van der Waals surface area contributed by atoms with Gasteiger partial charge >= 0.3 is 0 Å². The predicted octanol–water partition coefficient (Wildman–Crippen LogP) is 1.32. The molecule has 3 heterocycles. The van der Waals surface area contributed by atoms with E-state index in [0.29, 0.717) is 46.5 Å². The summed E-state index contributed by atoms with van der Waals surface area (Å²) in [6.07, 6.45) is -1.80. The van der Waals surface area contributed by atoms with Crippen LogP contribution in [0.5, 0.6) is 0 Å². The highest BCUT2D eigenvalue weighted by atomic mass is 35.5. The van der Waals surface area contributed by atoms with E-state index in [4.69, 9.17) is 16.0 Å². The van der Waals surface area contributed by atoms with E-state index in [0.717, 1.165) is 5.39 Å². The Bertz CT molecular complexity index is 1140. The van der Waals surface area contributed by atoms with Crippen LogP contribution < -0.4 is 10.2 Å². The van der Waals surface area contributed by atoms with Gasteiger partial charge < -0.3 is 35.1 Å². The Morgan fingerprint density at radius 2 is 1.91 bits per heavy atom. The molecule has 4 atom stereocenters. The molecule has 1 aliphatic rings. The molecule has 5 N–H and O–H groups in total. The number of furan rings is 1. The Balaban J connectivity index is 1.82. The third-order valence-electron chi connectivity index (χ3n) is 5.74. The van der Waals surface area contributed by atoms with Gasteiger partial charge in [0.1, 0.15) is 22.8 Å². The van der Waals surface area contributed by atoms with E-state index < -0.39 is 24.2 Å². The van der Waals surface area contributed by atoms with Crippen LogP contribution in [-0.2, 0) is 6.61 Å². The largest absolute Gasteiger partial charge is 0.454 e. The molecule has 11 heteroatoms. The molecule has 1 fully saturated rings. The fourth-order valence-electron chi connectivity index (χ4n) is 4.05. The second-order valence-electron chi connectivity index (χ2n) is 8.23. The van der Waals surface area contributed by atoms with E-state index in [2.05, 4.69) is 20.3 Å². The van der Waals surface area contributed by atoms with Crippen LogP contribution in [0, 0.1) is 12.8 Å². The average molecular weight is 464 g/mol. The number of aryl methyl sites for hydroxylation is 1. The topological polar surface area (TPSA) is 148 Å². The van der Waals surface area contributed by atoms with Crippen LogP contribution in [0.2, 0.25) is 5.15 Å². The number of aliphatic hydroxyl groups excluding tert-OH is 4. The number of anilines is 2. The van der Waals surface area contributed by atoms with Gasteiger partial charge in [0.25, 0.3) is 0 Å². The van der Waals surface area contributed by atoms with Crippen LogP contribution in [0.1, 0.15) is 17.8 Å². The lowest BCUT2D eigenvalue weighted by Crippen LogP contribution is -2.35. The number of nitrogens with zero attached hydrogens (tertiary/aromatic N) is 4. The van der Waals surface area contributed by atoms with Crippen LogP contribution >= 0.6 is 11.6 Å². The first kappa shape index (κ1) is 22.7. The quantitative estimate of drug-likeness (QED) is 0.339. The summed E-state index contributed by atoms with van der Waals surface area (Å²) in [6, 6.07) is 2.94. The third-order valence-corrected chi connectivity index (χ3v) is 6.02. The molecule has 4 rings (SSSR count). The van der Waals surface area contributed by atoms with Gasteiger partial charge in [-0.1, -0.05) is 11.6 Å². The van der Waals surface area contributed by atoms with Crippen molar-refractivity contribution in [3.63, 3.8) is 0 Å². The van der Waals surface area contributed by atoms with E-state index in [1.807, 2.05) is 0 Å². The molecule has 0 saturated heterocycles. The maximum atomic E-state index is 10.5. The first-order valence-electron chi connectivity index (χ1n) is 10.2. The number of hydrogen-bond acceptors (Lipinski definition) is 10. The number of rotatable bonds is 6. The monoisotopic (exact) mass is 463 g/mol. The summed E-state index contributed by atoms with van der Waals surface area (Å²) >= 11 is 6.56. The zero-order valence-corrected chi connectivity index (χ0v) is 18.7. The molecule has 0 aromatic carbocycles. The number of nitrogens with one attached hydrogen (secondary N) is 1. The molecular weight excluding hydrogens is 438 g/mol. The molecule has 32 heavy (non-hydrogen) atoms. The minimum absolute atomic E-state index is 0.144. The van der Waals surface area contributed by atoms with Gasteiger partial charge in [-0.25, -0.2) is 4.98 Å². The first-order valence-corrected chi connectivity index (χ1v) is 10.6. The summed E-state index contributed by atoms with van der Waals surface area (Å²) in [7, 11) is 3.55. The number of halogens is 1. The van der Waals surface area contributed by atoms with Gasteiger partial charge in [0, 0.05) is 32.0 Å². The summed E-state index contributed by atoms with van der Waals surface area (Å²) < 4.78 is 6.05. The van der Waals surface area contributed by atoms with Crippen LogP contribution in [0.25, 0.3) is 22.3 Å². The Morgan fingerprint density at radius 3 is 2.53 bits per heavy atom. The number of aromatic nitrogens is 3. The van der Waals surface area contributed by atoms with Crippen molar-refractivity contribution in [3.8, 4) is 11.3 Å². The van der Waals surface area contributed by atoms with E-state index >= 15 is 0 Å². The lowest BCUT2D eigenvalue weighted by molar-refractivity contribution is 0.00446. The van der Waals surface area contributed by atoms with Crippen molar-refractivity contribution in [1.29, 1.82) is 0 Å². The van der Waals surface area contributed by atoms with Gasteiger partial charge in [0.2, 0.25) is 5.95 Å². The van der Waals surface area contributed by atoms with Gasteiger partial charge in [0.15, 0.2) is 5.58 Å². The van der Waals surface area contributed by atoms with E-state index in [1.165, 1.54) is 0 Å². The number of pyridine rings is 1. The van der Waals surface area contributed by atoms with Crippen LogP contribution in [0.3, 0.4) is 0 Å². The van der Waals surface area contributed by atoms with Crippen molar-refractivity contribution in [3.05, 3.63) is 28.7 Å². The van der Waals surface area contributed by atoms with Crippen molar-refractivity contribution >= 4 is 34.3 Å². The van der Waals surface area contributed by atoms with Crippen molar-refractivity contribution in [1.82, 2.24) is 15.0 Å². The summed E-state index contributed by atoms with van der Waals surface area (Å²) in [5, 5.41) is 43.7. The lowest BCUT2D eigenvalue weighted by Gasteiger charge is -2.21. The highest BCUT2D eigenvalue weighted by molar-refractivity contribution is 6.32.